The standard InChI is InChI=1S/C22H21NO5S/c1-4-28-22(26)19-20(25)18(11-14-10-13(2)8-9-17(14)24)29-21(19)23-15-6-5-7-16(12-15)27-3/h5-12,24-25H,4H2,1-3H3/b18-11+,23-21?. The Morgan fingerprint density at radius 2 is 2.00 bits per heavy atom. The predicted octanol–water partition coefficient (Wildman–Crippen LogP) is 4.90. The molecular formula is C22H21NO5S. The van der Waals surface area contributed by atoms with Crippen LogP contribution in [0.15, 0.2) is 63.7 Å². The molecule has 2 aromatic rings. The van der Waals surface area contributed by atoms with E-state index in [1.165, 1.54) is 0 Å². The number of aliphatic hydroxyl groups excluding tert-OH is 1. The lowest BCUT2D eigenvalue weighted by Gasteiger charge is -2.04. The summed E-state index contributed by atoms with van der Waals surface area (Å²) in [6.45, 7) is 3.76. The summed E-state index contributed by atoms with van der Waals surface area (Å²) in [6.07, 6.45) is 1.62. The van der Waals surface area contributed by atoms with Crippen LogP contribution >= 0.6 is 11.8 Å². The Morgan fingerprint density at radius 3 is 2.72 bits per heavy atom. The number of hydrogen-bond donors (Lipinski definition) is 2. The van der Waals surface area contributed by atoms with E-state index >= 15 is 0 Å². The summed E-state index contributed by atoms with van der Waals surface area (Å²) in [7, 11) is 1.56. The molecule has 1 aliphatic rings. The van der Waals surface area contributed by atoms with Crippen LogP contribution in [0.3, 0.4) is 0 Å². The van der Waals surface area contributed by atoms with E-state index in [-0.39, 0.29) is 23.7 Å². The molecule has 0 amide bonds. The SMILES string of the molecule is CCOC(=O)C1=C(O)/C(=C\c2cc(C)ccc2O)SC1=Nc1cccc(OC)c1. The molecule has 0 unspecified atom stereocenters. The topological polar surface area (TPSA) is 88.4 Å². The van der Waals surface area contributed by atoms with Crippen LogP contribution in [-0.4, -0.2) is 34.9 Å². The van der Waals surface area contributed by atoms with Crippen LogP contribution < -0.4 is 4.74 Å². The second-order valence-corrected chi connectivity index (χ2v) is 7.27. The van der Waals surface area contributed by atoms with Gasteiger partial charge in [0.15, 0.2) is 0 Å². The molecule has 2 aromatic carbocycles. The fraction of sp³-hybridized carbons (Fsp3) is 0.182. The van der Waals surface area contributed by atoms with Gasteiger partial charge >= 0.3 is 5.97 Å². The normalized spacial score (nSPS) is 16.5. The number of rotatable bonds is 5. The minimum Gasteiger partial charge on any atom is -0.507 e. The lowest BCUT2D eigenvalue weighted by molar-refractivity contribution is -0.138. The smallest absolute Gasteiger partial charge is 0.344 e. The Balaban J connectivity index is 2.07. The van der Waals surface area contributed by atoms with Gasteiger partial charge in [0, 0.05) is 11.6 Å². The number of phenolic OH excluding ortho intramolecular Hbond substituents is 1. The molecule has 0 saturated carbocycles. The number of aromatic hydroxyl groups is 1. The summed E-state index contributed by atoms with van der Waals surface area (Å²) in [6, 6.07) is 12.2. The molecule has 6 nitrogen and oxygen atoms in total. The van der Waals surface area contributed by atoms with E-state index in [9.17, 15) is 15.0 Å². The van der Waals surface area contributed by atoms with Gasteiger partial charge in [-0.15, -0.1) is 0 Å². The molecule has 150 valence electrons. The molecule has 7 heteroatoms. The number of aryl methyl sites for hydroxylation is 1. The molecule has 0 radical (unpaired) electrons. The number of carbonyl (C=O) groups is 1. The molecule has 2 N–H and O–H groups in total. The van der Waals surface area contributed by atoms with E-state index in [4.69, 9.17) is 9.47 Å². The molecule has 0 saturated heterocycles. The Kier molecular flexibility index (Phi) is 6.29. The van der Waals surface area contributed by atoms with Gasteiger partial charge in [0.25, 0.3) is 0 Å². The van der Waals surface area contributed by atoms with Gasteiger partial charge < -0.3 is 19.7 Å². The van der Waals surface area contributed by atoms with Crippen molar-refractivity contribution in [2.45, 2.75) is 13.8 Å². The number of thioether (sulfide) groups is 1. The summed E-state index contributed by atoms with van der Waals surface area (Å²) < 4.78 is 10.3. The Bertz CT molecular complexity index is 1040. The van der Waals surface area contributed by atoms with Gasteiger partial charge in [0.2, 0.25) is 0 Å². The number of methoxy groups -OCH3 is 1. The largest absolute Gasteiger partial charge is 0.507 e. The van der Waals surface area contributed by atoms with Crippen molar-refractivity contribution in [3.8, 4) is 11.5 Å². The zero-order valence-corrected chi connectivity index (χ0v) is 17.1. The van der Waals surface area contributed by atoms with E-state index in [0.29, 0.717) is 26.9 Å². The van der Waals surface area contributed by atoms with Gasteiger partial charge in [-0.3, -0.25) is 0 Å². The number of nitrogens with zero attached hydrogens (tertiary/aromatic N) is 1. The molecule has 0 fully saturated rings. The molecule has 29 heavy (non-hydrogen) atoms. The van der Waals surface area contributed by atoms with Gasteiger partial charge in [0.1, 0.15) is 27.9 Å². The molecule has 3 rings (SSSR count). The van der Waals surface area contributed by atoms with E-state index in [2.05, 4.69) is 4.99 Å². The first kappa shape index (κ1) is 20.5. The highest BCUT2D eigenvalue weighted by Crippen LogP contribution is 2.41. The van der Waals surface area contributed by atoms with Crippen molar-refractivity contribution in [2.75, 3.05) is 13.7 Å². The van der Waals surface area contributed by atoms with Gasteiger partial charge in [0.05, 0.1) is 24.3 Å². The average Bonchev–Trinajstić information content (AvgIpc) is 3.00. The first-order chi connectivity index (χ1) is 13.9. The number of phenols is 1. The van der Waals surface area contributed by atoms with E-state index in [1.54, 1.807) is 62.6 Å². The number of ether oxygens (including phenoxy) is 2. The van der Waals surface area contributed by atoms with Crippen molar-refractivity contribution in [3.05, 3.63) is 69.8 Å². The maximum Gasteiger partial charge on any atom is 0.344 e. The summed E-state index contributed by atoms with van der Waals surface area (Å²) in [5.74, 6) is -0.180. The molecule has 0 aliphatic carbocycles. The molecule has 1 aliphatic heterocycles. The van der Waals surface area contributed by atoms with Gasteiger partial charge in [-0.25, -0.2) is 9.79 Å². The Labute approximate surface area is 173 Å². The summed E-state index contributed by atoms with van der Waals surface area (Å²) in [4.78, 5) is 17.4. The van der Waals surface area contributed by atoms with Gasteiger partial charge in [-0.2, -0.15) is 0 Å². The summed E-state index contributed by atoms with van der Waals surface area (Å²) in [5, 5.41) is 21.1. The van der Waals surface area contributed by atoms with Gasteiger partial charge in [-0.1, -0.05) is 29.5 Å². The van der Waals surface area contributed by atoms with Crippen LogP contribution in [-0.2, 0) is 9.53 Å². The average molecular weight is 411 g/mol. The highest BCUT2D eigenvalue weighted by atomic mass is 32.2. The summed E-state index contributed by atoms with van der Waals surface area (Å²) in [5.41, 5.74) is 2.06. The first-order valence-electron chi connectivity index (χ1n) is 8.96. The number of aliphatic imine (C=N–C) groups is 1. The van der Waals surface area contributed by atoms with Crippen LogP contribution in [0.25, 0.3) is 6.08 Å². The number of esters is 1. The van der Waals surface area contributed by atoms with Gasteiger partial charge in [-0.05, 0) is 44.2 Å². The van der Waals surface area contributed by atoms with Crippen molar-refractivity contribution in [3.63, 3.8) is 0 Å². The zero-order valence-electron chi connectivity index (χ0n) is 16.3. The van der Waals surface area contributed by atoms with Crippen molar-refractivity contribution >= 4 is 34.5 Å². The third kappa shape index (κ3) is 4.63. The minimum absolute atomic E-state index is 0.00179. The lowest BCUT2D eigenvalue weighted by Crippen LogP contribution is -2.12. The second kappa shape index (κ2) is 8.87. The molecular weight excluding hydrogens is 390 g/mol. The fourth-order valence-electron chi connectivity index (χ4n) is 2.72. The van der Waals surface area contributed by atoms with Crippen molar-refractivity contribution < 1.29 is 24.5 Å². The van der Waals surface area contributed by atoms with Crippen LogP contribution in [0.5, 0.6) is 11.5 Å². The number of aliphatic hydroxyl groups is 1. The Hall–Kier alpha value is -3.19. The van der Waals surface area contributed by atoms with E-state index < -0.39 is 5.97 Å². The zero-order chi connectivity index (χ0) is 21.0. The predicted molar refractivity (Wildman–Crippen MR) is 115 cm³/mol. The Morgan fingerprint density at radius 1 is 1.21 bits per heavy atom. The first-order valence-corrected chi connectivity index (χ1v) is 9.77. The van der Waals surface area contributed by atoms with Crippen molar-refractivity contribution in [2.24, 2.45) is 4.99 Å². The molecule has 0 aromatic heterocycles. The van der Waals surface area contributed by atoms with E-state index in [1.807, 2.05) is 6.92 Å². The fourth-order valence-corrected chi connectivity index (χ4v) is 3.75. The highest BCUT2D eigenvalue weighted by molar-refractivity contribution is 8.18. The number of benzene rings is 2. The van der Waals surface area contributed by atoms with Crippen LogP contribution in [0.4, 0.5) is 5.69 Å². The molecule has 0 bridgehead atoms. The minimum atomic E-state index is -0.656. The maximum atomic E-state index is 12.5. The molecule has 0 atom stereocenters. The van der Waals surface area contributed by atoms with Crippen LogP contribution in [0.2, 0.25) is 0 Å². The monoisotopic (exact) mass is 411 g/mol. The quantitative estimate of drug-likeness (QED) is 0.680. The number of carbonyl (C=O) groups excluding carboxylic acids is 1. The summed E-state index contributed by atoms with van der Waals surface area (Å²) >= 11 is 1.13. The molecule has 0 spiro atoms. The van der Waals surface area contributed by atoms with Crippen LogP contribution in [0.1, 0.15) is 18.1 Å². The lowest BCUT2D eigenvalue weighted by atomic mass is 10.1. The van der Waals surface area contributed by atoms with Crippen LogP contribution in [0, 0.1) is 6.92 Å². The second-order valence-electron chi connectivity index (χ2n) is 6.24. The molecule has 1 heterocycles. The third-order valence-electron chi connectivity index (χ3n) is 4.12. The third-order valence-corrected chi connectivity index (χ3v) is 5.14. The van der Waals surface area contributed by atoms with E-state index in [0.717, 1.165) is 17.3 Å². The number of hydrogen-bond acceptors (Lipinski definition) is 7. The van der Waals surface area contributed by atoms with Crippen molar-refractivity contribution in [1.29, 1.82) is 0 Å². The highest BCUT2D eigenvalue weighted by Gasteiger charge is 2.33. The maximum absolute atomic E-state index is 12.5. The van der Waals surface area contributed by atoms with Crippen molar-refractivity contribution in [1.82, 2.24) is 0 Å².